The first-order valence-electron chi connectivity index (χ1n) is 9.74. The first-order chi connectivity index (χ1) is 12.9. The van der Waals surface area contributed by atoms with Crippen LogP contribution >= 0.6 is 11.3 Å². The molecule has 3 rings (SSSR count). The molecular formula is C19H32N4O2S. The number of guanidine groups is 1. The molecule has 1 aromatic rings. The van der Waals surface area contributed by atoms with E-state index in [9.17, 15) is 0 Å². The summed E-state index contributed by atoms with van der Waals surface area (Å²) in [6, 6.07) is 4.71. The quantitative estimate of drug-likeness (QED) is 0.370. The molecule has 2 aliphatic rings. The molecule has 0 bridgehead atoms. The zero-order valence-corrected chi connectivity index (χ0v) is 16.6. The lowest BCUT2D eigenvalue weighted by atomic mass is 10.2. The number of rotatable bonds is 10. The van der Waals surface area contributed by atoms with Gasteiger partial charge < -0.3 is 20.1 Å². The van der Waals surface area contributed by atoms with E-state index in [1.54, 1.807) is 0 Å². The highest BCUT2D eigenvalue weighted by atomic mass is 32.1. The molecule has 6 nitrogen and oxygen atoms in total. The van der Waals surface area contributed by atoms with Crippen LogP contribution in [-0.2, 0) is 9.47 Å². The molecule has 2 N–H and O–H groups in total. The molecule has 2 fully saturated rings. The van der Waals surface area contributed by atoms with Crippen molar-refractivity contribution >= 4 is 17.3 Å². The maximum absolute atomic E-state index is 5.68. The Kier molecular flexibility index (Phi) is 8.20. The molecule has 0 spiro atoms. The number of thiophene rings is 1. The minimum Gasteiger partial charge on any atom is -0.381 e. The van der Waals surface area contributed by atoms with Crippen LogP contribution in [-0.4, -0.2) is 70.5 Å². The van der Waals surface area contributed by atoms with Gasteiger partial charge in [-0.3, -0.25) is 9.89 Å². The lowest BCUT2D eigenvalue weighted by Gasteiger charge is -2.34. The Balaban J connectivity index is 1.39. The summed E-state index contributed by atoms with van der Waals surface area (Å²) in [5.41, 5.74) is 0. The van der Waals surface area contributed by atoms with Crippen molar-refractivity contribution in [2.45, 2.75) is 25.3 Å². The van der Waals surface area contributed by atoms with Crippen LogP contribution in [0.4, 0.5) is 0 Å². The third kappa shape index (κ3) is 6.54. The molecule has 0 amide bonds. The fraction of sp³-hybridized carbons (Fsp3) is 0.737. The van der Waals surface area contributed by atoms with Crippen LogP contribution < -0.4 is 10.6 Å². The lowest BCUT2D eigenvalue weighted by Crippen LogP contribution is -2.46. The van der Waals surface area contributed by atoms with Crippen LogP contribution in [0.25, 0.3) is 0 Å². The molecule has 2 heterocycles. The summed E-state index contributed by atoms with van der Waals surface area (Å²) in [6.45, 7) is 7.08. The van der Waals surface area contributed by atoms with Crippen molar-refractivity contribution < 1.29 is 9.47 Å². The van der Waals surface area contributed by atoms with E-state index >= 15 is 0 Å². The summed E-state index contributed by atoms with van der Waals surface area (Å²) in [6.07, 6.45) is 3.71. The topological polar surface area (TPSA) is 58.1 Å². The van der Waals surface area contributed by atoms with Crippen LogP contribution in [0.5, 0.6) is 0 Å². The summed E-state index contributed by atoms with van der Waals surface area (Å²) < 4.78 is 11.2. The molecule has 0 radical (unpaired) electrons. The van der Waals surface area contributed by atoms with Crippen LogP contribution in [0.2, 0.25) is 0 Å². The Morgan fingerprint density at radius 1 is 1.38 bits per heavy atom. The molecule has 7 heteroatoms. The number of aliphatic imine (C=N–C) groups is 1. The number of hydrogen-bond donors (Lipinski definition) is 2. The van der Waals surface area contributed by atoms with E-state index in [0.29, 0.717) is 6.04 Å². The molecule has 1 saturated carbocycles. The molecule has 1 aromatic heterocycles. The lowest BCUT2D eigenvalue weighted by molar-refractivity contribution is 0.0177. The second kappa shape index (κ2) is 10.9. The van der Waals surface area contributed by atoms with Crippen molar-refractivity contribution in [3.8, 4) is 0 Å². The van der Waals surface area contributed by atoms with Gasteiger partial charge in [0.05, 0.1) is 19.3 Å². The van der Waals surface area contributed by atoms with Crippen molar-refractivity contribution in [2.24, 2.45) is 10.9 Å². The molecular weight excluding hydrogens is 348 g/mol. The molecule has 1 atom stereocenters. The highest BCUT2D eigenvalue weighted by Gasteiger charge is 2.23. The summed E-state index contributed by atoms with van der Waals surface area (Å²) in [5.74, 6) is 1.70. The largest absolute Gasteiger partial charge is 0.381 e. The SMILES string of the molecule is CN=C(NCCCOCC1CC1)NCC(c1cccs1)N1CCOCC1. The number of nitrogens with zero attached hydrogens (tertiary/aromatic N) is 2. The summed E-state index contributed by atoms with van der Waals surface area (Å²) >= 11 is 1.82. The maximum Gasteiger partial charge on any atom is 0.191 e. The van der Waals surface area contributed by atoms with E-state index in [0.717, 1.165) is 70.9 Å². The Hall–Kier alpha value is -1.15. The number of hydrogen-bond acceptors (Lipinski definition) is 5. The maximum atomic E-state index is 5.68. The molecule has 1 aliphatic carbocycles. The zero-order chi connectivity index (χ0) is 18.0. The highest BCUT2D eigenvalue weighted by Crippen LogP contribution is 2.28. The van der Waals surface area contributed by atoms with Gasteiger partial charge in [-0.25, -0.2) is 0 Å². The van der Waals surface area contributed by atoms with E-state index in [-0.39, 0.29) is 0 Å². The van der Waals surface area contributed by atoms with Crippen molar-refractivity contribution in [2.75, 3.05) is 59.7 Å². The third-order valence-electron chi connectivity index (χ3n) is 4.85. The van der Waals surface area contributed by atoms with Crippen LogP contribution in [0.1, 0.15) is 30.2 Å². The average molecular weight is 381 g/mol. The van der Waals surface area contributed by atoms with Crippen molar-refractivity contribution in [1.82, 2.24) is 15.5 Å². The summed E-state index contributed by atoms with van der Waals surface area (Å²) in [7, 11) is 1.83. The number of ether oxygens (including phenoxy) is 2. The van der Waals surface area contributed by atoms with Gasteiger partial charge in [0.15, 0.2) is 5.96 Å². The van der Waals surface area contributed by atoms with Gasteiger partial charge in [-0.05, 0) is 36.6 Å². The first kappa shape index (κ1) is 19.6. The summed E-state index contributed by atoms with van der Waals surface area (Å²) in [5, 5.41) is 9.04. The predicted octanol–water partition coefficient (Wildman–Crippen LogP) is 2.10. The van der Waals surface area contributed by atoms with Gasteiger partial charge in [-0.2, -0.15) is 0 Å². The smallest absolute Gasteiger partial charge is 0.191 e. The second-order valence-electron chi connectivity index (χ2n) is 6.93. The molecule has 1 unspecified atom stereocenters. The average Bonchev–Trinajstić information content (AvgIpc) is 3.35. The van der Waals surface area contributed by atoms with Gasteiger partial charge in [0.1, 0.15) is 0 Å². The Morgan fingerprint density at radius 3 is 2.92 bits per heavy atom. The Labute approximate surface area is 161 Å². The standard InChI is InChI=1S/C19H32N4O2S/c1-20-19(21-7-3-10-25-15-16-5-6-16)22-14-17(18-4-2-13-26-18)23-8-11-24-12-9-23/h2,4,13,16-17H,3,5-12,14-15H2,1H3,(H2,20,21,22). The van der Waals surface area contributed by atoms with E-state index in [2.05, 4.69) is 38.0 Å². The van der Waals surface area contributed by atoms with E-state index in [1.807, 2.05) is 18.4 Å². The third-order valence-corrected chi connectivity index (χ3v) is 5.83. The minimum absolute atomic E-state index is 0.360. The fourth-order valence-corrected chi connectivity index (χ4v) is 3.97. The summed E-state index contributed by atoms with van der Waals surface area (Å²) in [4.78, 5) is 8.25. The van der Waals surface area contributed by atoms with Gasteiger partial charge in [0.25, 0.3) is 0 Å². The number of morpholine rings is 1. The zero-order valence-electron chi connectivity index (χ0n) is 15.8. The van der Waals surface area contributed by atoms with E-state index in [4.69, 9.17) is 9.47 Å². The van der Waals surface area contributed by atoms with E-state index in [1.165, 1.54) is 17.7 Å². The molecule has 0 aromatic carbocycles. The van der Waals surface area contributed by atoms with Gasteiger partial charge in [0.2, 0.25) is 0 Å². The molecule has 1 saturated heterocycles. The minimum atomic E-state index is 0.360. The van der Waals surface area contributed by atoms with Crippen LogP contribution in [0, 0.1) is 5.92 Å². The van der Waals surface area contributed by atoms with Crippen molar-refractivity contribution in [3.63, 3.8) is 0 Å². The normalized spacial score (nSPS) is 20.1. The Bertz CT molecular complexity index is 528. The Morgan fingerprint density at radius 2 is 2.23 bits per heavy atom. The monoisotopic (exact) mass is 380 g/mol. The highest BCUT2D eigenvalue weighted by molar-refractivity contribution is 7.10. The van der Waals surface area contributed by atoms with Gasteiger partial charge in [0, 0.05) is 51.3 Å². The molecule has 146 valence electrons. The van der Waals surface area contributed by atoms with E-state index < -0.39 is 0 Å². The van der Waals surface area contributed by atoms with Gasteiger partial charge in [-0.1, -0.05) is 6.07 Å². The molecule has 26 heavy (non-hydrogen) atoms. The van der Waals surface area contributed by atoms with Gasteiger partial charge >= 0.3 is 0 Å². The predicted molar refractivity (Wildman–Crippen MR) is 107 cm³/mol. The fourth-order valence-electron chi connectivity index (χ4n) is 3.11. The second-order valence-corrected chi connectivity index (χ2v) is 7.91. The number of nitrogens with one attached hydrogen (secondary N) is 2. The van der Waals surface area contributed by atoms with Crippen molar-refractivity contribution in [1.29, 1.82) is 0 Å². The van der Waals surface area contributed by atoms with Crippen LogP contribution in [0.15, 0.2) is 22.5 Å². The first-order valence-corrected chi connectivity index (χ1v) is 10.6. The van der Waals surface area contributed by atoms with Crippen molar-refractivity contribution in [3.05, 3.63) is 22.4 Å². The van der Waals surface area contributed by atoms with Crippen LogP contribution in [0.3, 0.4) is 0 Å². The van der Waals surface area contributed by atoms with Gasteiger partial charge in [-0.15, -0.1) is 11.3 Å². The molecule has 1 aliphatic heterocycles.